The zero-order valence-corrected chi connectivity index (χ0v) is 12.1. The largest absolute Gasteiger partial charge is 0.343 e. The average Bonchev–Trinajstić information content (AvgIpc) is 2.18. The van der Waals surface area contributed by atoms with Gasteiger partial charge in [-0.2, -0.15) is 18.8 Å². The molecule has 0 aromatic heterocycles. The topological polar surface area (TPSA) is 0 Å². The molecule has 0 aromatic rings. The summed E-state index contributed by atoms with van der Waals surface area (Å²) in [6.07, 6.45) is 14.0. The van der Waals surface area contributed by atoms with Gasteiger partial charge in [0, 0.05) is 32.7 Å². The van der Waals surface area contributed by atoms with Crippen LogP contribution in [0.5, 0.6) is 0 Å². The fourth-order valence-electron chi connectivity index (χ4n) is 3.26. The van der Waals surface area contributed by atoms with Crippen molar-refractivity contribution in [3.05, 3.63) is 13.3 Å². The summed E-state index contributed by atoms with van der Waals surface area (Å²) < 4.78 is 0. The molecule has 2 fully saturated rings. The molecule has 2 aliphatic rings. The molecule has 0 spiro atoms. The Morgan fingerprint density at radius 1 is 1.14 bits per heavy atom. The molecule has 0 amide bonds. The van der Waals surface area contributed by atoms with E-state index < -0.39 is 0 Å². The molecule has 3 unspecified atom stereocenters. The first-order valence-electron chi connectivity index (χ1n) is 6.02. The van der Waals surface area contributed by atoms with Crippen molar-refractivity contribution in [2.24, 2.45) is 17.8 Å². The molecule has 2 aliphatic carbocycles. The maximum absolute atomic E-state index is 3.96. The maximum Gasteiger partial charge on any atom is 0 e. The van der Waals surface area contributed by atoms with Crippen LogP contribution in [-0.4, -0.2) is 0 Å². The molecule has 0 heterocycles. The van der Waals surface area contributed by atoms with Gasteiger partial charge in [-0.05, 0) is 5.92 Å². The Bertz CT molecular complexity index is 155. The molecule has 2 rings (SSSR count). The first kappa shape index (κ1) is 13.2. The molecule has 79 valence electrons. The molecule has 2 saturated carbocycles. The number of rotatable bonds is 2. The summed E-state index contributed by atoms with van der Waals surface area (Å²) in [5, 5.41) is 0. The van der Waals surface area contributed by atoms with E-state index in [0.29, 0.717) is 0 Å². The second kappa shape index (κ2) is 6.64. The van der Waals surface area contributed by atoms with Crippen LogP contribution in [0.25, 0.3) is 0 Å². The Morgan fingerprint density at radius 2 is 1.86 bits per heavy atom. The standard InChI is InChI=1S/C13H22.Y/c1-2-5-11-8-9-12-6-3-4-7-13(12)10-11;/h8,11-13H,1-7,9-10H2;/q-2;. The van der Waals surface area contributed by atoms with Gasteiger partial charge in [0.25, 0.3) is 0 Å². The van der Waals surface area contributed by atoms with Gasteiger partial charge in [0.2, 0.25) is 0 Å². The molecule has 0 bridgehead atoms. The Morgan fingerprint density at radius 3 is 2.57 bits per heavy atom. The number of fused-ring (bicyclic) bond motifs is 1. The van der Waals surface area contributed by atoms with Crippen LogP contribution in [0.4, 0.5) is 0 Å². The molecule has 0 saturated heterocycles. The van der Waals surface area contributed by atoms with E-state index >= 15 is 0 Å². The van der Waals surface area contributed by atoms with Gasteiger partial charge in [0.1, 0.15) is 0 Å². The summed E-state index contributed by atoms with van der Waals surface area (Å²) in [7, 11) is 0. The van der Waals surface area contributed by atoms with Gasteiger partial charge in [-0.3, -0.25) is 0 Å². The maximum atomic E-state index is 3.96. The Balaban J connectivity index is 0.000000980. The van der Waals surface area contributed by atoms with E-state index in [4.69, 9.17) is 0 Å². The number of hydrogen-bond acceptors (Lipinski definition) is 0. The molecular formula is C13H22Y-2. The molecule has 0 N–H and O–H groups in total. The summed E-state index contributed by atoms with van der Waals surface area (Å²) in [6.45, 7) is 3.96. The summed E-state index contributed by atoms with van der Waals surface area (Å²) >= 11 is 0. The third-order valence-electron chi connectivity index (χ3n) is 4.02. The third kappa shape index (κ3) is 3.30. The van der Waals surface area contributed by atoms with Crippen molar-refractivity contribution in [3.8, 4) is 0 Å². The minimum Gasteiger partial charge on any atom is -0.343 e. The minimum absolute atomic E-state index is 0. The van der Waals surface area contributed by atoms with E-state index in [9.17, 15) is 0 Å². The molecule has 3 atom stereocenters. The Hall–Kier alpha value is 1.10. The van der Waals surface area contributed by atoms with E-state index in [0.717, 1.165) is 24.2 Å². The van der Waals surface area contributed by atoms with Gasteiger partial charge in [-0.1, -0.05) is 38.0 Å². The average molecular weight is 267 g/mol. The van der Waals surface area contributed by atoms with E-state index in [1.54, 1.807) is 0 Å². The fourth-order valence-corrected chi connectivity index (χ4v) is 3.26. The monoisotopic (exact) mass is 267 g/mol. The minimum atomic E-state index is 0. The van der Waals surface area contributed by atoms with Crippen LogP contribution in [0.1, 0.15) is 51.4 Å². The van der Waals surface area contributed by atoms with Gasteiger partial charge < -0.3 is 13.3 Å². The fraction of sp³-hybridized carbons (Fsp3) is 0.846. The van der Waals surface area contributed by atoms with Crippen molar-refractivity contribution in [1.82, 2.24) is 0 Å². The van der Waals surface area contributed by atoms with Crippen molar-refractivity contribution in [2.75, 3.05) is 0 Å². The molecular weight excluding hydrogens is 245 g/mol. The second-order valence-electron chi connectivity index (χ2n) is 4.91. The summed E-state index contributed by atoms with van der Waals surface area (Å²) in [6, 6.07) is 0. The third-order valence-corrected chi connectivity index (χ3v) is 4.02. The van der Waals surface area contributed by atoms with Gasteiger partial charge in [0.15, 0.2) is 0 Å². The predicted octanol–water partition coefficient (Wildman–Crippen LogP) is 4.02. The zero-order valence-electron chi connectivity index (χ0n) is 9.25. The van der Waals surface area contributed by atoms with Crippen molar-refractivity contribution >= 4 is 0 Å². The van der Waals surface area contributed by atoms with Crippen LogP contribution < -0.4 is 0 Å². The molecule has 14 heavy (non-hydrogen) atoms. The Kier molecular flexibility index (Phi) is 6.24. The summed E-state index contributed by atoms with van der Waals surface area (Å²) in [4.78, 5) is 0. The van der Waals surface area contributed by atoms with E-state index in [1.807, 2.05) is 0 Å². The van der Waals surface area contributed by atoms with Gasteiger partial charge in [-0.25, -0.2) is 0 Å². The molecule has 1 heteroatoms. The van der Waals surface area contributed by atoms with Crippen LogP contribution in [0.2, 0.25) is 0 Å². The number of hydrogen-bond donors (Lipinski definition) is 0. The molecule has 0 aliphatic heterocycles. The van der Waals surface area contributed by atoms with Crippen molar-refractivity contribution < 1.29 is 32.7 Å². The smallest absolute Gasteiger partial charge is 0 e. The first-order chi connectivity index (χ1) is 6.40. The van der Waals surface area contributed by atoms with Gasteiger partial charge in [-0.15, -0.1) is 6.42 Å². The van der Waals surface area contributed by atoms with E-state index in [1.165, 1.54) is 44.9 Å². The van der Waals surface area contributed by atoms with E-state index in [2.05, 4.69) is 13.3 Å². The van der Waals surface area contributed by atoms with Crippen LogP contribution in [0, 0.1) is 31.1 Å². The normalized spacial score (nSPS) is 37.1. The Labute approximate surface area is 114 Å². The zero-order chi connectivity index (χ0) is 9.10. The van der Waals surface area contributed by atoms with Crippen LogP contribution in [0.15, 0.2) is 0 Å². The predicted molar refractivity (Wildman–Crippen MR) is 57.1 cm³/mol. The summed E-state index contributed by atoms with van der Waals surface area (Å²) in [5.74, 6) is 3.06. The van der Waals surface area contributed by atoms with Crippen LogP contribution >= 0.6 is 0 Å². The quantitative estimate of drug-likeness (QED) is 0.663. The van der Waals surface area contributed by atoms with Crippen molar-refractivity contribution in [2.45, 2.75) is 51.4 Å². The SMILES string of the molecule is [CH2-]CCC1[CH-]CC2CCCCC2C1.[Y]. The van der Waals surface area contributed by atoms with Crippen molar-refractivity contribution in [1.29, 1.82) is 0 Å². The van der Waals surface area contributed by atoms with Crippen molar-refractivity contribution in [3.63, 3.8) is 0 Å². The molecule has 0 nitrogen and oxygen atoms in total. The van der Waals surface area contributed by atoms with Gasteiger partial charge >= 0.3 is 0 Å². The molecule has 0 aromatic carbocycles. The summed E-state index contributed by atoms with van der Waals surface area (Å²) in [5.41, 5.74) is 0. The first-order valence-corrected chi connectivity index (χ1v) is 6.02. The van der Waals surface area contributed by atoms with Crippen LogP contribution in [0.3, 0.4) is 0 Å². The van der Waals surface area contributed by atoms with Gasteiger partial charge in [0.05, 0.1) is 0 Å². The van der Waals surface area contributed by atoms with Crippen LogP contribution in [-0.2, 0) is 32.7 Å². The second-order valence-corrected chi connectivity index (χ2v) is 4.91. The molecule has 1 radical (unpaired) electrons. The van der Waals surface area contributed by atoms with E-state index in [-0.39, 0.29) is 32.7 Å².